The van der Waals surface area contributed by atoms with Crippen LogP contribution < -0.4 is 5.32 Å². The van der Waals surface area contributed by atoms with Crippen molar-refractivity contribution in [3.8, 4) is 0 Å². The Hall–Kier alpha value is -1.56. The molecule has 2 aromatic rings. The molecule has 0 radical (unpaired) electrons. The summed E-state index contributed by atoms with van der Waals surface area (Å²) in [7, 11) is 0. The largest absolute Gasteiger partial charge is 0.444 e. The van der Waals surface area contributed by atoms with Crippen LogP contribution in [0.3, 0.4) is 0 Å². The van der Waals surface area contributed by atoms with E-state index >= 15 is 0 Å². The highest BCUT2D eigenvalue weighted by molar-refractivity contribution is 7.98. The Morgan fingerprint density at radius 1 is 1.35 bits per heavy atom. The van der Waals surface area contributed by atoms with Crippen molar-refractivity contribution in [2.75, 3.05) is 11.6 Å². The Morgan fingerprint density at radius 3 is 2.82 bits per heavy atom. The first kappa shape index (κ1) is 11.9. The van der Waals surface area contributed by atoms with Gasteiger partial charge in [-0.1, -0.05) is 0 Å². The summed E-state index contributed by atoms with van der Waals surface area (Å²) >= 11 is 1.58. The predicted molar refractivity (Wildman–Crippen MR) is 67.1 cm³/mol. The van der Waals surface area contributed by atoms with Crippen molar-refractivity contribution < 1.29 is 4.42 Å². The molecule has 0 bridgehead atoms. The molecule has 2 aromatic heterocycles. The molecule has 0 aliphatic heterocycles. The Morgan fingerprint density at radius 2 is 2.18 bits per heavy atom. The number of nitrogens with zero attached hydrogens (tertiary/aromatic N) is 3. The number of aromatic nitrogens is 3. The van der Waals surface area contributed by atoms with E-state index in [1.165, 1.54) is 0 Å². The lowest BCUT2D eigenvalue weighted by molar-refractivity contribution is 0.453. The van der Waals surface area contributed by atoms with E-state index in [-0.39, 0.29) is 6.04 Å². The van der Waals surface area contributed by atoms with E-state index in [1.807, 2.05) is 26.2 Å². The van der Waals surface area contributed by atoms with Gasteiger partial charge in [0, 0.05) is 6.07 Å². The van der Waals surface area contributed by atoms with Gasteiger partial charge in [0.1, 0.15) is 29.0 Å². The summed E-state index contributed by atoms with van der Waals surface area (Å²) in [5.74, 6) is 2.24. The maximum Gasteiger partial charge on any atom is 0.216 e. The van der Waals surface area contributed by atoms with E-state index in [9.17, 15) is 0 Å². The van der Waals surface area contributed by atoms with Crippen LogP contribution in [0.15, 0.2) is 28.0 Å². The lowest BCUT2D eigenvalue weighted by atomic mass is 10.3. The molecule has 5 nitrogen and oxygen atoms in total. The van der Waals surface area contributed by atoms with Gasteiger partial charge in [0.05, 0.1) is 6.20 Å². The predicted octanol–water partition coefficient (Wildman–Crippen LogP) is 2.67. The third-order valence-electron chi connectivity index (χ3n) is 2.23. The topological polar surface area (TPSA) is 63.8 Å². The summed E-state index contributed by atoms with van der Waals surface area (Å²) in [4.78, 5) is 12.4. The van der Waals surface area contributed by atoms with Crippen LogP contribution in [-0.4, -0.2) is 21.2 Å². The van der Waals surface area contributed by atoms with E-state index in [2.05, 4.69) is 20.3 Å². The van der Waals surface area contributed by atoms with Crippen LogP contribution in [0.5, 0.6) is 0 Å². The van der Waals surface area contributed by atoms with E-state index in [0.717, 1.165) is 16.6 Å². The van der Waals surface area contributed by atoms with Gasteiger partial charge in [0.15, 0.2) is 0 Å². The zero-order valence-electron chi connectivity index (χ0n) is 9.97. The molecule has 0 aliphatic rings. The molecule has 0 aromatic carbocycles. The molecule has 6 heteroatoms. The number of aryl methyl sites for hydroxylation is 1. The molecule has 0 saturated heterocycles. The number of rotatable bonds is 4. The molecular weight excluding hydrogens is 236 g/mol. The Kier molecular flexibility index (Phi) is 3.63. The first-order chi connectivity index (χ1) is 8.19. The second kappa shape index (κ2) is 5.18. The van der Waals surface area contributed by atoms with Crippen LogP contribution >= 0.6 is 11.8 Å². The Labute approximate surface area is 104 Å². The van der Waals surface area contributed by atoms with Crippen molar-refractivity contribution in [2.24, 2.45) is 0 Å². The fourth-order valence-corrected chi connectivity index (χ4v) is 1.77. The smallest absolute Gasteiger partial charge is 0.216 e. The second-order valence-electron chi connectivity index (χ2n) is 3.62. The van der Waals surface area contributed by atoms with Gasteiger partial charge in [-0.05, 0) is 20.1 Å². The van der Waals surface area contributed by atoms with Gasteiger partial charge >= 0.3 is 0 Å². The van der Waals surface area contributed by atoms with E-state index in [0.29, 0.717) is 5.89 Å². The minimum absolute atomic E-state index is 0.0201. The maximum absolute atomic E-state index is 5.45. The lowest BCUT2D eigenvalue weighted by Gasteiger charge is -2.10. The number of oxazole rings is 1. The third-order valence-corrected chi connectivity index (χ3v) is 2.87. The van der Waals surface area contributed by atoms with Crippen molar-refractivity contribution in [3.63, 3.8) is 0 Å². The molecule has 1 atom stereocenters. The summed E-state index contributed by atoms with van der Waals surface area (Å²) in [6, 6.07) is 1.88. The molecule has 17 heavy (non-hydrogen) atoms. The van der Waals surface area contributed by atoms with E-state index in [1.54, 1.807) is 24.3 Å². The van der Waals surface area contributed by atoms with Gasteiger partial charge in [0.2, 0.25) is 5.89 Å². The lowest BCUT2D eigenvalue weighted by Crippen LogP contribution is -2.08. The average Bonchev–Trinajstić information content (AvgIpc) is 2.76. The molecule has 1 N–H and O–H groups in total. The number of thioether (sulfide) groups is 1. The minimum atomic E-state index is -0.0201. The SMILES string of the molecule is CSc1cc(NC(C)c2ncc(C)o2)ncn1. The highest BCUT2D eigenvalue weighted by Crippen LogP contribution is 2.19. The zero-order valence-corrected chi connectivity index (χ0v) is 10.8. The van der Waals surface area contributed by atoms with Gasteiger partial charge in [-0.3, -0.25) is 0 Å². The van der Waals surface area contributed by atoms with Crippen LogP contribution in [-0.2, 0) is 0 Å². The summed E-state index contributed by atoms with van der Waals surface area (Å²) < 4.78 is 5.45. The maximum atomic E-state index is 5.45. The highest BCUT2D eigenvalue weighted by Gasteiger charge is 2.11. The van der Waals surface area contributed by atoms with Crippen molar-refractivity contribution in [1.29, 1.82) is 0 Å². The summed E-state index contributed by atoms with van der Waals surface area (Å²) in [6.45, 7) is 3.85. The number of hydrogen-bond donors (Lipinski definition) is 1. The molecule has 2 rings (SSSR count). The third kappa shape index (κ3) is 2.97. The highest BCUT2D eigenvalue weighted by atomic mass is 32.2. The molecular formula is C11H14N4OS. The van der Waals surface area contributed by atoms with Gasteiger partial charge in [-0.25, -0.2) is 15.0 Å². The van der Waals surface area contributed by atoms with Crippen LogP contribution in [0.4, 0.5) is 5.82 Å². The van der Waals surface area contributed by atoms with Crippen LogP contribution in [0.25, 0.3) is 0 Å². The minimum Gasteiger partial charge on any atom is -0.444 e. The molecule has 0 fully saturated rings. The van der Waals surface area contributed by atoms with Crippen molar-refractivity contribution in [1.82, 2.24) is 15.0 Å². The fourth-order valence-electron chi connectivity index (χ4n) is 1.39. The van der Waals surface area contributed by atoms with E-state index in [4.69, 9.17) is 4.42 Å². The van der Waals surface area contributed by atoms with Gasteiger partial charge in [-0.2, -0.15) is 0 Å². The van der Waals surface area contributed by atoms with Crippen LogP contribution in [0.1, 0.15) is 24.6 Å². The summed E-state index contributed by atoms with van der Waals surface area (Å²) in [5, 5.41) is 4.15. The first-order valence-corrected chi connectivity index (χ1v) is 6.46. The molecule has 0 saturated carbocycles. The second-order valence-corrected chi connectivity index (χ2v) is 4.45. The fraction of sp³-hybridized carbons (Fsp3) is 0.364. The van der Waals surface area contributed by atoms with E-state index < -0.39 is 0 Å². The quantitative estimate of drug-likeness (QED) is 0.665. The van der Waals surface area contributed by atoms with Crippen molar-refractivity contribution >= 4 is 17.6 Å². The monoisotopic (exact) mass is 250 g/mol. The molecule has 0 amide bonds. The van der Waals surface area contributed by atoms with Crippen molar-refractivity contribution in [3.05, 3.63) is 30.2 Å². The molecule has 1 unspecified atom stereocenters. The molecule has 0 spiro atoms. The standard InChI is InChI=1S/C11H14N4OS/c1-7-5-12-11(16-7)8(2)15-9-4-10(17-3)14-6-13-9/h4-6,8H,1-3H3,(H,13,14,15). The summed E-state index contributed by atoms with van der Waals surface area (Å²) in [6.07, 6.45) is 5.23. The van der Waals surface area contributed by atoms with Gasteiger partial charge < -0.3 is 9.73 Å². The number of nitrogens with one attached hydrogen (secondary N) is 1. The Bertz CT molecular complexity index is 500. The normalized spacial score (nSPS) is 12.4. The van der Waals surface area contributed by atoms with Gasteiger partial charge in [0.25, 0.3) is 0 Å². The average molecular weight is 250 g/mol. The Balaban J connectivity index is 2.09. The number of anilines is 1. The van der Waals surface area contributed by atoms with Gasteiger partial charge in [-0.15, -0.1) is 11.8 Å². The van der Waals surface area contributed by atoms with Crippen LogP contribution in [0.2, 0.25) is 0 Å². The molecule has 2 heterocycles. The van der Waals surface area contributed by atoms with Crippen molar-refractivity contribution in [2.45, 2.75) is 24.9 Å². The molecule has 90 valence electrons. The molecule has 0 aliphatic carbocycles. The first-order valence-electron chi connectivity index (χ1n) is 5.24. The zero-order chi connectivity index (χ0) is 12.3. The summed E-state index contributed by atoms with van der Waals surface area (Å²) in [5.41, 5.74) is 0. The number of hydrogen-bond acceptors (Lipinski definition) is 6. The van der Waals surface area contributed by atoms with Crippen LogP contribution in [0, 0.1) is 6.92 Å².